The van der Waals surface area contributed by atoms with Gasteiger partial charge in [0.1, 0.15) is 12.4 Å². The summed E-state index contributed by atoms with van der Waals surface area (Å²) in [4.78, 5) is 16.4. The molecule has 0 aromatic heterocycles. The summed E-state index contributed by atoms with van der Waals surface area (Å²) in [6.45, 7) is 4.20. The molecule has 126 valence electrons. The second-order valence-electron chi connectivity index (χ2n) is 6.38. The molecule has 5 nitrogen and oxygen atoms in total. The fourth-order valence-electron chi connectivity index (χ4n) is 3.62. The number of hydrogen-bond acceptors (Lipinski definition) is 4. The van der Waals surface area contributed by atoms with E-state index < -0.39 is 0 Å². The molecule has 1 aromatic rings. The zero-order valence-corrected chi connectivity index (χ0v) is 13.6. The van der Waals surface area contributed by atoms with Crippen LogP contribution in [-0.4, -0.2) is 59.7 Å². The summed E-state index contributed by atoms with van der Waals surface area (Å²) in [5, 5.41) is 8.93. The van der Waals surface area contributed by atoms with Gasteiger partial charge in [0.05, 0.1) is 6.61 Å². The van der Waals surface area contributed by atoms with Gasteiger partial charge in [-0.3, -0.25) is 9.69 Å². The fourth-order valence-corrected chi connectivity index (χ4v) is 3.62. The number of likely N-dealkylation sites (tertiary alicyclic amines) is 2. The summed E-state index contributed by atoms with van der Waals surface area (Å²) < 4.78 is 5.61. The van der Waals surface area contributed by atoms with Crippen LogP contribution >= 0.6 is 0 Å². The van der Waals surface area contributed by atoms with E-state index in [-0.39, 0.29) is 6.61 Å². The Hall–Kier alpha value is -1.59. The molecule has 2 saturated heterocycles. The van der Waals surface area contributed by atoms with Crippen molar-refractivity contribution in [1.82, 2.24) is 9.80 Å². The lowest BCUT2D eigenvalue weighted by atomic mass is 10.0. The van der Waals surface area contributed by atoms with Gasteiger partial charge in [-0.2, -0.15) is 0 Å². The molecule has 0 aliphatic carbocycles. The Morgan fingerprint density at radius 2 is 1.96 bits per heavy atom. The Morgan fingerprint density at radius 1 is 1.17 bits per heavy atom. The van der Waals surface area contributed by atoms with E-state index in [1.165, 1.54) is 0 Å². The third kappa shape index (κ3) is 4.03. The van der Waals surface area contributed by atoms with Gasteiger partial charge >= 0.3 is 0 Å². The summed E-state index contributed by atoms with van der Waals surface area (Å²) in [5.41, 5.74) is 1.16. The number of rotatable bonds is 6. The standard InChI is InChI=1S/C18H26N2O3/c21-12-13-23-17-5-2-1-4-15(17)14-19-10-7-16(8-11-19)20-9-3-6-18(20)22/h1-2,4-5,16,21H,3,6-14H2. The predicted molar refractivity (Wildman–Crippen MR) is 88.3 cm³/mol. The van der Waals surface area contributed by atoms with Crippen LogP contribution < -0.4 is 4.74 Å². The highest BCUT2D eigenvalue weighted by Crippen LogP contribution is 2.25. The van der Waals surface area contributed by atoms with E-state index in [4.69, 9.17) is 9.84 Å². The molecule has 2 aliphatic heterocycles. The molecule has 23 heavy (non-hydrogen) atoms. The van der Waals surface area contributed by atoms with Crippen molar-refractivity contribution in [2.24, 2.45) is 0 Å². The minimum absolute atomic E-state index is 0.0313. The maximum absolute atomic E-state index is 11.9. The predicted octanol–water partition coefficient (Wildman–Crippen LogP) is 1.64. The number of benzene rings is 1. The Bertz CT molecular complexity index is 527. The van der Waals surface area contributed by atoms with Crippen molar-refractivity contribution in [2.75, 3.05) is 32.8 Å². The third-order valence-electron chi connectivity index (χ3n) is 4.82. The molecule has 1 aromatic carbocycles. The van der Waals surface area contributed by atoms with E-state index >= 15 is 0 Å². The van der Waals surface area contributed by atoms with Crippen LogP contribution in [0.3, 0.4) is 0 Å². The van der Waals surface area contributed by atoms with Gasteiger partial charge in [0, 0.05) is 44.2 Å². The fraction of sp³-hybridized carbons (Fsp3) is 0.611. The lowest BCUT2D eigenvalue weighted by Crippen LogP contribution is -2.45. The number of para-hydroxylation sites is 1. The van der Waals surface area contributed by atoms with Crippen LogP contribution in [-0.2, 0) is 11.3 Å². The number of aliphatic hydroxyl groups excluding tert-OH is 1. The highest BCUT2D eigenvalue weighted by molar-refractivity contribution is 5.78. The van der Waals surface area contributed by atoms with Gasteiger partial charge in [-0.25, -0.2) is 0 Å². The van der Waals surface area contributed by atoms with Crippen molar-refractivity contribution in [3.05, 3.63) is 29.8 Å². The van der Waals surface area contributed by atoms with E-state index in [1.807, 2.05) is 18.2 Å². The zero-order valence-electron chi connectivity index (χ0n) is 13.6. The number of ether oxygens (including phenoxy) is 1. The number of hydrogen-bond donors (Lipinski definition) is 1. The molecular weight excluding hydrogens is 292 g/mol. The van der Waals surface area contributed by atoms with Crippen LogP contribution in [0.1, 0.15) is 31.2 Å². The van der Waals surface area contributed by atoms with Crippen molar-refractivity contribution < 1.29 is 14.6 Å². The molecule has 2 heterocycles. The second kappa shape index (κ2) is 7.79. The van der Waals surface area contributed by atoms with Gasteiger partial charge in [-0.15, -0.1) is 0 Å². The molecule has 0 unspecified atom stereocenters. The number of nitrogens with zero attached hydrogens (tertiary/aromatic N) is 2. The minimum Gasteiger partial charge on any atom is -0.491 e. The van der Waals surface area contributed by atoms with Gasteiger partial charge in [0.15, 0.2) is 0 Å². The first-order valence-electron chi connectivity index (χ1n) is 8.61. The number of carbonyl (C=O) groups is 1. The second-order valence-corrected chi connectivity index (χ2v) is 6.38. The van der Waals surface area contributed by atoms with E-state index in [1.54, 1.807) is 0 Å². The van der Waals surface area contributed by atoms with Crippen molar-refractivity contribution in [2.45, 2.75) is 38.3 Å². The van der Waals surface area contributed by atoms with E-state index in [0.29, 0.717) is 18.6 Å². The summed E-state index contributed by atoms with van der Waals surface area (Å²) in [7, 11) is 0. The molecule has 1 amide bonds. The average molecular weight is 318 g/mol. The quantitative estimate of drug-likeness (QED) is 0.866. The minimum atomic E-state index is 0.0313. The van der Waals surface area contributed by atoms with E-state index in [0.717, 1.165) is 63.2 Å². The van der Waals surface area contributed by atoms with Crippen molar-refractivity contribution in [1.29, 1.82) is 0 Å². The van der Waals surface area contributed by atoms with Gasteiger partial charge < -0.3 is 14.7 Å². The van der Waals surface area contributed by atoms with Crippen LogP contribution in [0.2, 0.25) is 0 Å². The molecule has 2 fully saturated rings. The average Bonchev–Trinajstić information content (AvgIpc) is 3.01. The molecule has 0 spiro atoms. The van der Waals surface area contributed by atoms with Crippen LogP contribution in [0, 0.1) is 0 Å². The molecule has 3 rings (SSSR count). The SMILES string of the molecule is O=C1CCCN1C1CCN(Cc2ccccc2OCCO)CC1. The van der Waals surface area contributed by atoms with Gasteiger partial charge in [-0.05, 0) is 25.3 Å². The first-order chi connectivity index (χ1) is 11.3. The molecule has 0 atom stereocenters. The van der Waals surface area contributed by atoms with Crippen LogP contribution in [0.5, 0.6) is 5.75 Å². The summed E-state index contributed by atoms with van der Waals surface area (Å²) in [5.74, 6) is 1.20. The van der Waals surface area contributed by atoms with Gasteiger partial charge in [0.2, 0.25) is 5.91 Å². The number of amides is 1. The Morgan fingerprint density at radius 3 is 2.65 bits per heavy atom. The van der Waals surface area contributed by atoms with E-state index in [2.05, 4.69) is 15.9 Å². The van der Waals surface area contributed by atoms with Crippen molar-refractivity contribution in [3.63, 3.8) is 0 Å². The monoisotopic (exact) mass is 318 g/mol. The number of carbonyl (C=O) groups excluding carboxylic acids is 1. The van der Waals surface area contributed by atoms with Crippen LogP contribution in [0.4, 0.5) is 0 Å². The van der Waals surface area contributed by atoms with Crippen molar-refractivity contribution in [3.8, 4) is 5.75 Å². The lowest BCUT2D eigenvalue weighted by Gasteiger charge is -2.36. The smallest absolute Gasteiger partial charge is 0.222 e. The molecule has 2 aliphatic rings. The summed E-state index contributed by atoms with van der Waals surface area (Å²) >= 11 is 0. The maximum atomic E-state index is 11.9. The zero-order chi connectivity index (χ0) is 16.1. The normalized spacial score (nSPS) is 20.2. The highest BCUT2D eigenvalue weighted by Gasteiger charge is 2.30. The largest absolute Gasteiger partial charge is 0.491 e. The summed E-state index contributed by atoms with van der Waals surface area (Å²) in [6, 6.07) is 8.46. The maximum Gasteiger partial charge on any atom is 0.222 e. The number of aliphatic hydroxyl groups is 1. The first kappa shape index (κ1) is 16.3. The molecular formula is C18H26N2O3. The molecule has 1 N–H and O–H groups in total. The molecule has 0 radical (unpaired) electrons. The Balaban J connectivity index is 1.53. The van der Waals surface area contributed by atoms with Gasteiger partial charge in [0.25, 0.3) is 0 Å². The topological polar surface area (TPSA) is 53.0 Å². The van der Waals surface area contributed by atoms with E-state index in [9.17, 15) is 4.79 Å². The molecule has 5 heteroatoms. The first-order valence-corrected chi connectivity index (χ1v) is 8.61. The summed E-state index contributed by atoms with van der Waals surface area (Å²) in [6.07, 6.45) is 3.88. The van der Waals surface area contributed by atoms with Gasteiger partial charge in [-0.1, -0.05) is 18.2 Å². The van der Waals surface area contributed by atoms with Crippen LogP contribution in [0.15, 0.2) is 24.3 Å². The highest BCUT2D eigenvalue weighted by atomic mass is 16.5. The number of piperidine rings is 1. The Kier molecular flexibility index (Phi) is 5.51. The molecule has 0 saturated carbocycles. The van der Waals surface area contributed by atoms with Crippen LogP contribution in [0.25, 0.3) is 0 Å². The third-order valence-corrected chi connectivity index (χ3v) is 4.82. The Labute approximate surface area is 137 Å². The molecule has 0 bridgehead atoms. The van der Waals surface area contributed by atoms with Crippen molar-refractivity contribution >= 4 is 5.91 Å². The lowest BCUT2D eigenvalue weighted by molar-refractivity contribution is -0.130.